The van der Waals surface area contributed by atoms with Crippen molar-refractivity contribution in [1.82, 2.24) is 5.32 Å². The van der Waals surface area contributed by atoms with Crippen LogP contribution in [0, 0.1) is 0 Å². The minimum absolute atomic E-state index is 0.00297. The van der Waals surface area contributed by atoms with Crippen molar-refractivity contribution in [2.24, 2.45) is 0 Å². The third-order valence-electron chi connectivity index (χ3n) is 2.48. The Balaban J connectivity index is 2.65. The van der Waals surface area contributed by atoms with E-state index in [9.17, 15) is 14.4 Å². The molecule has 108 valence electrons. The van der Waals surface area contributed by atoms with Crippen LogP contribution in [0.4, 0.5) is 0 Å². The Labute approximate surface area is 116 Å². The number of ether oxygens (including phenoxy) is 1. The molecule has 1 aromatic rings. The number of carbonyl (C=O) groups is 3. The summed E-state index contributed by atoms with van der Waals surface area (Å²) in [5.74, 6) is -1.02. The summed E-state index contributed by atoms with van der Waals surface area (Å²) >= 11 is 0. The van der Waals surface area contributed by atoms with Crippen molar-refractivity contribution in [3.8, 4) is 5.75 Å². The fourth-order valence-corrected chi connectivity index (χ4v) is 1.59. The zero-order valence-corrected chi connectivity index (χ0v) is 11.4. The topological polar surface area (TPSA) is 92.7 Å². The number of hydrogen-bond donors (Lipinski definition) is 2. The summed E-state index contributed by atoms with van der Waals surface area (Å²) in [5, 5.41) is 11.4. The van der Waals surface area contributed by atoms with E-state index in [0.717, 1.165) is 5.56 Å². The maximum atomic E-state index is 11.0. The monoisotopic (exact) mass is 279 g/mol. The van der Waals surface area contributed by atoms with Crippen molar-refractivity contribution >= 4 is 17.7 Å². The molecular formula is C14H17NO5. The highest BCUT2D eigenvalue weighted by molar-refractivity contribution is 5.82. The molecule has 6 heteroatoms. The van der Waals surface area contributed by atoms with Crippen molar-refractivity contribution in [2.45, 2.75) is 26.3 Å². The lowest BCUT2D eigenvalue weighted by atomic mass is 10.1. The molecule has 0 aromatic heterocycles. The number of carboxylic acids is 1. The van der Waals surface area contributed by atoms with Gasteiger partial charge in [0.05, 0.1) is 0 Å². The third kappa shape index (κ3) is 5.51. The van der Waals surface area contributed by atoms with Crippen molar-refractivity contribution in [3.63, 3.8) is 0 Å². The van der Waals surface area contributed by atoms with Crippen LogP contribution in [-0.2, 0) is 20.8 Å². The van der Waals surface area contributed by atoms with E-state index in [1.807, 2.05) is 0 Å². The molecule has 0 aliphatic carbocycles. The van der Waals surface area contributed by atoms with Crippen molar-refractivity contribution in [3.05, 3.63) is 29.8 Å². The average molecular weight is 279 g/mol. The van der Waals surface area contributed by atoms with Crippen molar-refractivity contribution < 1.29 is 24.2 Å². The van der Waals surface area contributed by atoms with E-state index < -0.39 is 12.0 Å². The molecule has 0 fully saturated rings. The number of rotatable bonds is 7. The molecule has 6 nitrogen and oxygen atoms in total. The number of Topliss-reactive ketones (excluding diaryl/α,β-unsaturated/α-hetero) is 1. The first-order valence-corrected chi connectivity index (χ1v) is 6.09. The van der Waals surface area contributed by atoms with Crippen LogP contribution in [-0.4, -0.2) is 35.4 Å². The summed E-state index contributed by atoms with van der Waals surface area (Å²) in [6.07, 6.45) is 0.182. The number of hydrogen-bond acceptors (Lipinski definition) is 4. The molecule has 1 aromatic carbocycles. The van der Waals surface area contributed by atoms with Gasteiger partial charge in [0.15, 0.2) is 5.78 Å². The summed E-state index contributed by atoms with van der Waals surface area (Å²) < 4.78 is 5.20. The van der Waals surface area contributed by atoms with Gasteiger partial charge in [-0.25, -0.2) is 4.79 Å². The number of nitrogens with one attached hydrogen (secondary N) is 1. The molecule has 0 unspecified atom stereocenters. The number of ketones is 1. The van der Waals surface area contributed by atoms with E-state index in [4.69, 9.17) is 9.84 Å². The maximum absolute atomic E-state index is 11.0. The molecule has 1 atom stereocenters. The second-order valence-electron chi connectivity index (χ2n) is 4.43. The van der Waals surface area contributed by atoms with Gasteiger partial charge in [-0.3, -0.25) is 9.59 Å². The Morgan fingerprint density at radius 3 is 2.25 bits per heavy atom. The second-order valence-corrected chi connectivity index (χ2v) is 4.43. The van der Waals surface area contributed by atoms with Crippen LogP contribution in [0.5, 0.6) is 5.75 Å². The predicted octanol–water partition coefficient (Wildman–Crippen LogP) is 0.786. The summed E-state index contributed by atoms with van der Waals surface area (Å²) in [6.45, 7) is 2.71. The Morgan fingerprint density at radius 1 is 1.20 bits per heavy atom. The lowest BCUT2D eigenvalue weighted by Gasteiger charge is -2.13. The molecule has 0 spiro atoms. The van der Waals surface area contributed by atoms with E-state index in [1.165, 1.54) is 13.8 Å². The standard InChI is InChI=1S/C14H17NO5/c1-9(16)8-20-12-5-3-11(4-6-12)7-13(14(18)19)15-10(2)17/h3-6,13H,7-8H2,1-2H3,(H,15,17)(H,18,19)/t13-/m0/s1. The molecule has 0 radical (unpaired) electrons. The molecule has 1 amide bonds. The largest absolute Gasteiger partial charge is 0.486 e. The first-order valence-electron chi connectivity index (χ1n) is 6.09. The van der Waals surface area contributed by atoms with Gasteiger partial charge < -0.3 is 15.2 Å². The minimum atomic E-state index is -1.09. The van der Waals surface area contributed by atoms with Gasteiger partial charge in [-0.1, -0.05) is 12.1 Å². The average Bonchev–Trinajstić information content (AvgIpc) is 2.36. The van der Waals surface area contributed by atoms with E-state index in [1.54, 1.807) is 24.3 Å². The van der Waals surface area contributed by atoms with Gasteiger partial charge in [0.25, 0.3) is 0 Å². The van der Waals surface area contributed by atoms with Crippen LogP contribution in [0.25, 0.3) is 0 Å². The lowest BCUT2D eigenvalue weighted by Crippen LogP contribution is -2.41. The normalized spacial score (nSPS) is 11.5. The van der Waals surface area contributed by atoms with Crippen LogP contribution >= 0.6 is 0 Å². The van der Waals surface area contributed by atoms with Gasteiger partial charge in [-0.15, -0.1) is 0 Å². The highest BCUT2D eigenvalue weighted by Crippen LogP contribution is 2.13. The van der Waals surface area contributed by atoms with Crippen molar-refractivity contribution in [1.29, 1.82) is 0 Å². The van der Waals surface area contributed by atoms with E-state index in [0.29, 0.717) is 5.75 Å². The second kappa shape index (κ2) is 7.28. The van der Waals surface area contributed by atoms with Crippen LogP contribution in [0.3, 0.4) is 0 Å². The SMILES string of the molecule is CC(=O)COc1ccc(C[C@H](NC(C)=O)C(=O)O)cc1. The first-order chi connectivity index (χ1) is 9.38. The Hall–Kier alpha value is -2.37. The summed E-state index contributed by atoms with van der Waals surface area (Å²) in [6, 6.07) is 5.76. The summed E-state index contributed by atoms with van der Waals surface area (Å²) in [4.78, 5) is 32.7. The molecule has 0 saturated carbocycles. The number of amides is 1. The molecule has 0 aliphatic rings. The van der Waals surface area contributed by atoms with E-state index >= 15 is 0 Å². The van der Waals surface area contributed by atoms with Crippen LogP contribution in [0.15, 0.2) is 24.3 Å². The molecule has 20 heavy (non-hydrogen) atoms. The number of aliphatic carboxylic acids is 1. The number of carbonyl (C=O) groups excluding carboxylic acids is 2. The molecule has 0 saturated heterocycles. The fraction of sp³-hybridized carbons (Fsp3) is 0.357. The van der Waals surface area contributed by atoms with Crippen LogP contribution in [0.1, 0.15) is 19.4 Å². The van der Waals surface area contributed by atoms with E-state index in [2.05, 4.69) is 5.32 Å². The first kappa shape index (κ1) is 15.7. The maximum Gasteiger partial charge on any atom is 0.326 e. The van der Waals surface area contributed by atoms with Gasteiger partial charge in [-0.2, -0.15) is 0 Å². The smallest absolute Gasteiger partial charge is 0.326 e. The number of carboxylic acid groups (broad SMARTS) is 1. The van der Waals surface area contributed by atoms with Gasteiger partial charge in [0.2, 0.25) is 5.91 Å². The molecule has 2 N–H and O–H groups in total. The molecule has 1 rings (SSSR count). The van der Waals surface area contributed by atoms with Gasteiger partial charge in [-0.05, 0) is 24.6 Å². The third-order valence-corrected chi connectivity index (χ3v) is 2.48. The van der Waals surface area contributed by atoms with E-state index in [-0.39, 0.29) is 24.7 Å². The molecule has 0 aliphatic heterocycles. The van der Waals surface area contributed by atoms with Gasteiger partial charge >= 0.3 is 5.97 Å². The van der Waals surface area contributed by atoms with Gasteiger partial charge in [0, 0.05) is 13.3 Å². The van der Waals surface area contributed by atoms with Crippen LogP contribution < -0.4 is 10.1 Å². The Kier molecular flexibility index (Phi) is 5.71. The fourth-order valence-electron chi connectivity index (χ4n) is 1.59. The predicted molar refractivity (Wildman–Crippen MR) is 71.6 cm³/mol. The minimum Gasteiger partial charge on any atom is -0.486 e. The van der Waals surface area contributed by atoms with Crippen LogP contribution in [0.2, 0.25) is 0 Å². The summed E-state index contributed by atoms with van der Waals surface area (Å²) in [7, 11) is 0. The summed E-state index contributed by atoms with van der Waals surface area (Å²) in [5.41, 5.74) is 0.751. The lowest BCUT2D eigenvalue weighted by molar-refractivity contribution is -0.141. The zero-order chi connectivity index (χ0) is 15.1. The Morgan fingerprint density at radius 2 is 1.80 bits per heavy atom. The van der Waals surface area contributed by atoms with Crippen molar-refractivity contribution in [2.75, 3.05) is 6.61 Å². The zero-order valence-electron chi connectivity index (χ0n) is 11.4. The molecular weight excluding hydrogens is 262 g/mol. The molecule has 0 bridgehead atoms. The number of benzene rings is 1. The highest BCUT2D eigenvalue weighted by atomic mass is 16.5. The molecule has 0 heterocycles. The quantitative estimate of drug-likeness (QED) is 0.769. The Bertz CT molecular complexity index is 495. The van der Waals surface area contributed by atoms with Gasteiger partial charge in [0.1, 0.15) is 18.4 Å². The highest BCUT2D eigenvalue weighted by Gasteiger charge is 2.18.